The highest BCUT2D eigenvalue weighted by Crippen LogP contribution is 2.24. The zero-order valence-corrected chi connectivity index (χ0v) is 18.4. The first-order valence-corrected chi connectivity index (χ1v) is 11.1. The van der Waals surface area contributed by atoms with Crippen LogP contribution < -0.4 is 0 Å². The van der Waals surface area contributed by atoms with Crippen LogP contribution in [-0.4, -0.2) is 78.6 Å². The van der Waals surface area contributed by atoms with E-state index in [1.807, 2.05) is 17.9 Å². The molecule has 8 heteroatoms. The van der Waals surface area contributed by atoms with E-state index in [4.69, 9.17) is 27.9 Å². The van der Waals surface area contributed by atoms with Gasteiger partial charge in [0.25, 0.3) is 0 Å². The summed E-state index contributed by atoms with van der Waals surface area (Å²) in [5.41, 5.74) is 0.842. The smallest absolute Gasteiger partial charge is 0.409 e. The number of benzene rings is 1. The molecule has 29 heavy (non-hydrogen) atoms. The number of carbonyl (C=O) groups excluding carboxylic acids is 2. The summed E-state index contributed by atoms with van der Waals surface area (Å²) in [5.74, 6) is 0.0501. The molecule has 0 aromatic heterocycles. The van der Waals surface area contributed by atoms with Crippen molar-refractivity contribution in [3.8, 4) is 0 Å². The molecule has 0 bridgehead atoms. The van der Waals surface area contributed by atoms with Crippen LogP contribution in [0.25, 0.3) is 0 Å². The second-order valence-electron chi connectivity index (χ2n) is 7.73. The summed E-state index contributed by atoms with van der Waals surface area (Å²) in [7, 11) is 0. The second kappa shape index (κ2) is 10.5. The molecule has 1 aromatic carbocycles. The summed E-state index contributed by atoms with van der Waals surface area (Å²) < 4.78 is 5.31. The molecule has 1 aromatic rings. The molecule has 2 amide bonds. The van der Waals surface area contributed by atoms with E-state index in [9.17, 15) is 9.59 Å². The Hall–Kier alpha value is -1.50. The number of ether oxygens (including phenoxy) is 1. The topological polar surface area (TPSA) is 53.1 Å². The summed E-state index contributed by atoms with van der Waals surface area (Å²) in [5, 5.41) is 0.933. The molecule has 0 N–H and O–H groups in total. The molecule has 0 unspecified atom stereocenters. The molecule has 2 aliphatic rings. The third kappa shape index (κ3) is 6.00. The molecule has 2 saturated heterocycles. The summed E-state index contributed by atoms with van der Waals surface area (Å²) in [6.07, 6.45) is 3.16. The molecule has 3 rings (SSSR count). The van der Waals surface area contributed by atoms with Crippen molar-refractivity contribution in [2.75, 3.05) is 45.9 Å². The van der Waals surface area contributed by atoms with Gasteiger partial charge in [-0.2, -0.15) is 0 Å². The first kappa shape index (κ1) is 22.2. The predicted octanol–water partition coefficient (Wildman–Crippen LogP) is 3.69. The van der Waals surface area contributed by atoms with Crippen molar-refractivity contribution in [2.45, 2.75) is 38.6 Å². The van der Waals surface area contributed by atoms with Crippen LogP contribution in [0.15, 0.2) is 18.2 Å². The van der Waals surface area contributed by atoms with E-state index in [1.165, 1.54) is 12.8 Å². The Morgan fingerprint density at radius 1 is 1.10 bits per heavy atom. The van der Waals surface area contributed by atoms with E-state index >= 15 is 0 Å². The third-order valence-electron chi connectivity index (χ3n) is 5.50. The van der Waals surface area contributed by atoms with Crippen LogP contribution in [0.2, 0.25) is 10.0 Å². The lowest BCUT2D eigenvalue weighted by Crippen LogP contribution is -2.60. The average Bonchev–Trinajstić information content (AvgIpc) is 3.22. The van der Waals surface area contributed by atoms with E-state index in [-0.39, 0.29) is 24.5 Å². The second-order valence-corrected chi connectivity index (χ2v) is 8.55. The highest BCUT2D eigenvalue weighted by atomic mass is 35.5. The van der Waals surface area contributed by atoms with Crippen LogP contribution >= 0.6 is 23.2 Å². The number of amides is 2. The maximum Gasteiger partial charge on any atom is 0.409 e. The molecule has 160 valence electrons. The molecule has 1 atom stereocenters. The van der Waals surface area contributed by atoms with Gasteiger partial charge >= 0.3 is 6.09 Å². The average molecular weight is 442 g/mol. The van der Waals surface area contributed by atoms with E-state index in [1.54, 1.807) is 17.0 Å². The van der Waals surface area contributed by atoms with Crippen LogP contribution in [0.4, 0.5) is 4.79 Å². The van der Waals surface area contributed by atoms with Crippen molar-refractivity contribution < 1.29 is 14.3 Å². The maximum absolute atomic E-state index is 13.1. The van der Waals surface area contributed by atoms with Gasteiger partial charge < -0.3 is 19.4 Å². The molecule has 0 aliphatic carbocycles. The van der Waals surface area contributed by atoms with Crippen molar-refractivity contribution >= 4 is 35.2 Å². The fraction of sp³-hybridized carbons (Fsp3) is 0.619. The van der Waals surface area contributed by atoms with E-state index in [2.05, 4.69) is 4.90 Å². The van der Waals surface area contributed by atoms with Crippen LogP contribution in [0, 0.1) is 0 Å². The Morgan fingerprint density at radius 2 is 1.86 bits per heavy atom. The fourth-order valence-electron chi connectivity index (χ4n) is 3.98. The summed E-state index contributed by atoms with van der Waals surface area (Å²) in [4.78, 5) is 31.5. The summed E-state index contributed by atoms with van der Waals surface area (Å²) in [6.45, 7) is 6.79. The number of hydrogen-bond donors (Lipinski definition) is 0. The molecular weight excluding hydrogens is 413 g/mol. The third-order valence-corrected chi connectivity index (χ3v) is 6.24. The molecule has 2 fully saturated rings. The lowest BCUT2D eigenvalue weighted by atomic mass is 10.1. The Balaban J connectivity index is 1.68. The van der Waals surface area contributed by atoms with Gasteiger partial charge in [0.05, 0.1) is 29.1 Å². The molecule has 0 saturated carbocycles. The minimum absolute atomic E-state index is 0.0358. The van der Waals surface area contributed by atoms with Crippen molar-refractivity contribution in [1.82, 2.24) is 14.7 Å². The van der Waals surface area contributed by atoms with Gasteiger partial charge in [0, 0.05) is 26.2 Å². The number of hydrogen-bond acceptors (Lipinski definition) is 4. The quantitative estimate of drug-likeness (QED) is 0.675. The number of rotatable bonds is 6. The van der Waals surface area contributed by atoms with Gasteiger partial charge in [-0.3, -0.25) is 4.79 Å². The minimum Gasteiger partial charge on any atom is -0.449 e. The van der Waals surface area contributed by atoms with Gasteiger partial charge in [-0.15, -0.1) is 0 Å². The Kier molecular flexibility index (Phi) is 8.04. The number of piperazine rings is 1. The van der Waals surface area contributed by atoms with Crippen LogP contribution in [0.5, 0.6) is 0 Å². The number of halogens is 2. The number of likely N-dealkylation sites (tertiary alicyclic amines) is 1. The van der Waals surface area contributed by atoms with Crippen LogP contribution in [0.3, 0.4) is 0 Å². The van der Waals surface area contributed by atoms with Crippen molar-refractivity contribution in [2.24, 2.45) is 0 Å². The SMILES string of the molecule is CCCOC(=O)N1CCN(C(=O)Cc2ccc(Cl)c(Cl)c2)[C@@H](CN2CCCC2)C1. The zero-order chi connectivity index (χ0) is 20.8. The first-order valence-electron chi connectivity index (χ1n) is 10.4. The zero-order valence-electron chi connectivity index (χ0n) is 16.9. The van der Waals surface area contributed by atoms with Crippen molar-refractivity contribution in [3.63, 3.8) is 0 Å². The first-order chi connectivity index (χ1) is 14.0. The normalized spacial score (nSPS) is 20.2. The highest BCUT2D eigenvalue weighted by molar-refractivity contribution is 6.42. The molecule has 2 heterocycles. The molecule has 6 nitrogen and oxygen atoms in total. The van der Waals surface area contributed by atoms with Gasteiger partial charge in [0.1, 0.15) is 0 Å². The summed E-state index contributed by atoms with van der Waals surface area (Å²) in [6, 6.07) is 5.26. The Labute approximate surface area is 182 Å². The van der Waals surface area contributed by atoms with Gasteiger partial charge in [0.15, 0.2) is 0 Å². The minimum atomic E-state index is -0.283. The van der Waals surface area contributed by atoms with E-state index < -0.39 is 0 Å². The number of nitrogens with zero attached hydrogens (tertiary/aromatic N) is 3. The monoisotopic (exact) mass is 441 g/mol. The van der Waals surface area contributed by atoms with Gasteiger partial charge in [-0.1, -0.05) is 36.2 Å². The number of carbonyl (C=O) groups is 2. The van der Waals surface area contributed by atoms with E-state index in [0.717, 1.165) is 31.6 Å². The van der Waals surface area contributed by atoms with E-state index in [0.29, 0.717) is 36.3 Å². The van der Waals surface area contributed by atoms with Crippen molar-refractivity contribution in [3.05, 3.63) is 33.8 Å². The predicted molar refractivity (Wildman–Crippen MR) is 115 cm³/mol. The molecular formula is C21H29Cl2N3O3. The maximum atomic E-state index is 13.1. The van der Waals surface area contributed by atoms with Crippen molar-refractivity contribution in [1.29, 1.82) is 0 Å². The summed E-state index contributed by atoms with van der Waals surface area (Å²) >= 11 is 12.1. The lowest BCUT2D eigenvalue weighted by Gasteiger charge is -2.42. The van der Waals surface area contributed by atoms with Crippen LogP contribution in [0.1, 0.15) is 31.7 Å². The standard InChI is InChI=1S/C21H29Cl2N3O3/c1-2-11-29-21(28)25-9-10-26(17(15-25)14-24-7-3-4-8-24)20(27)13-16-5-6-18(22)19(23)12-16/h5-6,12,17H,2-4,7-11,13-15H2,1H3/t17-/m0/s1. The molecule has 0 radical (unpaired) electrons. The molecule has 2 aliphatic heterocycles. The highest BCUT2D eigenvalue weighted by Gasteiger charge is 2.34. The molecule has 0 spiro atoms. The largest absolute Gasteiger partial charge is 0.449 e. The van der Waals surface area contributed by atoms with Gasteiger partial charge in [-0.25, -0.2) is 4.79 Å². The Morgan fingerprint density at radius 3 is 2.55 bits per heavy atom. The lowest BCUT2D eigenvalue weighted by molar-refractivity contribution is -0.135. The fourth-order valence-corrected chi connectivity index (χ4v) is 4.30. The Bertz CT molecular complexity index is 725. The van der Waals surface area contributed by atoms with Gasteiger partial charge in [-0.05, 0) is 50.0 Å². The van der Waals surface area contributed by atoms with Crippen LogP contribution in [-0.2, 0) is 16.0 Å². The van der Waals surface area contributed by atoms with Gasteiger partial charge in [0.2, 0.25) is 5.91 Å².